The molecule has 164 valence electrons. The summed E-state index contributed by atoms with van der Waals surface area (Å²) in [7, 11) is 3.90. The van der Waals surface area contributed by atoms with Crippen LogP contribution in [0.2, 0.25) is 0 Å². The summed E-state index contributed by atoms with van der Waals surface area (Å²) in [5, 5.41) is 16.9. The molecule has 2 aliphatic rings. The number of fused-ring (bicyclic) bond motifs is 1. The fourth-order valence-corrected chi connectivity index (χ4v) is 5.04. The van der Waals surface area contributed by atoms with Gasteiger partial charge in [-0.3, -0.25) is 4.90 Å². The highest BCUT2D eigenvalue weighted by molar-refractivity contribution is 5.73. The number of aromatic nitrogens is 4. The number of nitrogens with one attached hydrogen (secondary N) is 1. The first-order chi connectivity index (χ1) is 15.2. The van der Waals surface area contributed by atoms with E-state index < -0.39 is 0 Å². The molecule has 5 rings (SSSR count). The summed E-state index contributed by atoms with van der Waals surface area (Å²) >= 11 is 0. The fraction of sp³-hybridized carbons (Fsp3) is 0.522. The van der Waals surface area contributed by atoms with Crippen molar-refractivity contribution in [2.75, 3.05) is 52.2 Å². The molecule has 0 bridgehead atoms. The first-order valence-electron chi connectivity index (χ1n) is 11.2. The van der Waals surface area contributed by atoms with Crippen LogP contribution < -0.4 is 10.1 Å². The number of benzene rings is 1. The summed E-state index contributed by atoms with van der Waals surface area (Å²) in [5.74, 6) is 0.836. The van der Waals surface area contributed by atoms with Crippen molar-refractivity contribution < 1.29 is 4.74 Å². The van der Waals surface area contributed by atoms with E-state index in [1.165, 1.54) is 25.7 Å². The van der Waals surface area contributed by atoms with Crippen molar-refractivity contribution in [2.45, 2.75) is 31.2 Å². The number of nitrogens with zero attached hydrogens (tertiary/aromatic N) is 6. The van der Waals surface area contributed by atoms with Crippen LogP contribution in [0.1, 0.15) is 25.7 Å². The SMILES string of the molecule is COc1ccc(-c2cc(NCC3(N4CCN(C)CC4)CCCC3)c3nncn3n2)cc1. The van der Waals surface area contributed by atoms with Gasteiger partial charge in [-0.25, -0.2) is 0 Å². The Morgan fingerprint density at radius 2 is 1.81 bits per heavy atom. The van der Waals surface area contributed by atoms with Crippen molar-refractivity contribution in [3.63, 3.8) is 0 Å². The average Bonchev–Trinajstić information content (AvgIpc) is 3.48. The number of likely N-dealkylation sites (N-methyl/N-ethyl adjacent to an activating group) is 1. The van der Waals surface area contributed by atoms with Crippen LogP contribution in [-0.4, -0.2) is 82.0 Å². The Balaban J connectivity index is 1.42. The van der Waals surface area contributed by atoms with Crippen LogP contribution in [0, 0.1) is 0 Å². The molecule has 8 nitrogen and oxygen atoms in total. The summed E-state index contributed by atoms with van der Waals surface area (Å²) in [6.45, 7) is 5.50. The lowest BCUT2D eigenvalue weighted by Crippen LogP contribution is -2.58. The topological polar surface area (TPSA) is 70.8 Å². The van der Waals surface area contributed by atoms with E-state index in [0.29, 0.717) is 0 Å². The van der Waals surface area contributed by atoms with Crippen LogP contribution in [-0.2, 0) is 0 Å². The molecule has 0 unspecified atom stereocenters. The highest BCUT2D eigenvalue weighted by Gasteiger charge is 2.40. The lowest BCUT2D eigenvalue weighted by Gasteiger charge is -2.45. The lowest BCUT2D eigenvalue weighted by atomic mass is 9.93. The molecule has 1 saturated heterocycles. The summed E-state index contributed by atoms with van der Waals surface area (Å²) < 4.78 is 7.05. The van der Waals surface area contributed by atoms with Crippen LogP contribution in [0.15, 0.2) is 36.7 Å². The predicted molar refractivity (Wildman–Crippen MR) is 122 cm³/mol. The summed E-state index contributed by atoms with van der Waals surface area (Å²) in [6, 6.07) is 10.1. The van der Waals surface area contributed by atoms with Crippen LogP contribution in [0.3, 0.4) is 0 Å². The molecule has 2 fully saturated rings. The second kappa shape index (κ2) is 8.43. The highest BCUT2D eigenvalue weighted by atomic mass is 16.5. The molecule has 1 N–H and O–H groups in total. The average molecular weight is 422 g/mol. The summed E-state index contributed by atoms with van der Waals surface area (Å²) in [5.41, 5.74) is 3.90. The molecule has 0 amide bonds. The number of anilines is 1. The van der Waals surface area contributed by atoms with Gasteiger partial charge in [-0.05, 0) is 50.2 Å². The van der Waals surface area contributed by atoms with Gasteiger partial charge in [0.2, 0.25) is 5.65 Å². The number of hydrogen-bond donors (Lipinski definition) is 1. The molecule has 3 heterocycles. The van der Waals surface area contributed by atoms with E-state index in [0.717, 1.165) is 61.1 Å². The molecule has 8 heteroatoms. The number of methoxy groups -OCH3 is 1. The zero-order chi connectivity index (χ0) is 21.3. The first kappa shape index (κ1) is 20.2. The van der Waals surface area contributed by atoms with Gasteiger partial charge < -0.3 is 15.0 Å². The van der Waals surface area contributed by atoms with Crippen LogP contribution in [0.5, 0.6) is 5.75 Å². The summed E-state index contributed by atoms with van der Waals surface area (Å²) in [6.07, 6.45) is 6.79. The summed E-state index contributed by atoms with van der Waals surface area (Å²) in [4.78, 5) is 5.15. The minimum absolute atomic E-state index is 0.224. The number of ether oxygens (including phenoxy) is 1. The minimum Gasteiger partial charge on any atom is -0.497 e. The molecular weight excluding hydrogens is 390 g/mol. The highest BCUT2D eigenvalue weighted by Crippen LogP contribution is 2.36. The Morgan fingerprint density at radius 3 is 2.52 bits per heavy atom. The second-order valence-electron chi connectivity index (χ2n) is 8.85. The third-order valence-electron chi connectivity index (χ3n) is 6.97. The minimum atomic E-state index is 0.224. The third-order valence-corrected chi connectivity index (χ3v) is 6.97. The normalized spacial score (nSPS) is 19.7. The van der Waals surface area contributed by atoms with E-state index in [2.05, 4.69) is 38.4 Å². The van der Waals surface area contributed by atoms with Crippen LogP contribution in [0.4, 0.5) is 5.69 Å². The van der Waals surface area contributed by atoms with E-state index in [1.807, 2.05) is 24.3 Å². The van der Waals surface area contributed by atoms with Gasteiger partial charge in [-0.2, -0.15) is 9.61 Å². The Labute approximate surface area is 183 Å². The Kier molecular flexibility index (Phi) is 5.50. The quantitative estimate of drug-likeness (QED) is 0.656. The van der Waals surface area contributed by atoms with Gasteiger partial charge in [-0.15, -0.1) is 10.2 Å². The van der Waals surface area contributed by atoms with Gasteiger partial charge in [0.15, 0.2) is 0 Å². The van der Waals surface area contributed by atoms with E-state index >= 15 is 0 Å². The Morgan fingerprint density at radius 1 is 1.06 bits per heavy atom. The fourth-order valence-electron chi connectivity index (χ4n) is 5.04. The molecule has 2 aromatic heterocycles. The van der Waals surface area contributed by atoms with E-state index in [1.54, 1.807) is 18.0 Å². The van der Waals surface area contributed by atoms with Crippen molar-refractivity contribution in [1.82, 2.24) is 29.6 Å². The van der Waals surface area contributed by atoms with E-state index in [-0.39, 0.29) is 5.54 Å². The van der Waals surface area contributed by atoms with Crippen LogP contribution in [0.25, 0.3) is 16.9 Å². The van der Waals surface area contributed by atoms with E-state index in [4.69, 9.17) is 9.84 Å². The molecule has 0 radical (unpaired) electrons. The molecule has 3 aromatic rings. The zero-order valence-corrected chi connectivity index (χ0v) is 18.4. The molecule has 0 spiro atoms. The predicted octanol–water partition coefficient (Wildman–Crippen LogP) is 2.77. The van der Waals surface area contributed by atoms with Crippen LogP contribution >= 0.6 is 0 Å². The molecule has 0 atom stereocenters. The number of hydrogen-bond acceptors (Lipinski definition) is 7. The van der Waals surface area contributed by atoms with Crippen molar-refractivity contribution in [3.8, 4) is 17.0 Å². The Hall–Kier alpha value is -2.71. The second-order valence-corrected chi connectivity index (χ2v) is 8.85. The van der Waals surface area contributed by atoms with Gasteiger partial charge in [-0.1, -0.05) is 12.8 Å². The van der Waals surface area contributed by atoms with Gasteiger partial charge in [0.05, 0.1) is 18.5 Å². The largest absolute Gasteiger partial charge is 0.497 e. The van der Waals surface area contributed by atoms with Gasteiger partial charge in [0, 0.05) is 43.8 Å². The zero-order valence-electron chi connectivity index (χ0n) is 18.4. The van der Waals surface area contributed by atoms with Crippen molar-refractivity contribution in [1.29, 1.82) is 0 Å². The molecule has 1 saturated carbocycles. The molecule has 1 aromatic carbocycles. The first-order valence-corrected chi connectivity index (χ1v) is 11.2. The molecule has 31 heavy (non-hydrogen) atoms. The monoisotopic (exact) mass is 421 g/mol. The Bertz CT molecular complexity index is 1020. The molecule has 1 aliphatic heterocycles. The van der Waals surface area contributed by atoms with Gasteiger partial charge in [0.1, 0.15) is 12.1 Å². The standard InChI is InChI=1S/C23H31N7O/c1-28-11-13-29(14-12-28)23(9-3-4-10-23)16-24-21-15-20(27-30-17-25-26-22(21)30)18-5-7-19(31-2)8-6-18/h5-8,15,17,24H,3-4,9-14,16H2,1-2H3. The van der Waals surface area contributed by atoms with Crippen molar-refractivity contribution >= 4 is 11.3 Å². The smallest absolute Gasteiger partial charge is 0.200 e. The number of piperazine rings is 1. The van der Waals surface area contributed by atoms with Gasteiger partial charge >= 0.3 is 0 Å². The van der Waals surface area contributed by atoms with E-state index in [9.17, 15) is 0 Å². The maximum Gasteiger partial charge on any atom is 0.200 e. The maximum absolute atomic E-state index is 5.29. The van der Waals surface area contributed by atoms with Gasteiger partial charge in [0.25, 0.3) is 0 Å². The lowest BCUT2D eigenvalue weighted by molar-refractivity contribution is 0.0511. The third kappa shape index (κ3) is 3.97. The van der Waals surface area contributed by atoms with Crippen molar-refractivity contribution in [2.24, 2.45) is 0 Å². The molecular formula is C23H31N7O. The maximum atomic E-state index is 5.29. The van der Waals surface area contributed by atoms with Crippen molar-refractivity contribution in [3.05, 3.63) is 36.7 Å². The number of rotatable bonds is 6. The molecule has 1 aliphatic carbocycles.